The van der Waals surface area contributed by atoms with E-state index in [1.807, 2.05) is 13.8 Å². The molecule has 2 saturated carbocycles. The molecule has 5 nitrogen and oxygen atoms in total. The van der Waals surface area contributed by atoms with E-state index in [-0.39, 0.29) is 19.2 Å². The lowest BCUT2D eigenvalue weighted by molar-refractivity contribution is -0.284. The molecule has 0 aromatic rings. The van der Waals surface area contributed by atoms with Crippen LogP contribution in [0.25, 0.3) is 0 Å². The molecule has 1 aliphatic heterocycles. The Morgan fingerprint density at radius 2 is 1.96 bits per heavy atom. The summed E-state index contributed by atoms with van der Waals surface area (Å²) in [4.78, 5) is 23.4. The van der Waals surface area contributed by atoms with Crippen LogP contribution in [0.5, 0.6) is 0 Å². The van der Waals surface area contributed by atoms with Crippen molar-refractivity contribution in [2.75, 3.05) is 13.2 Å². The molecule has 1 saturated heterocycles. The molecule has 0 aromatic heterocycles. The van der Waals surface area contributed by atoms with Crippen LogP contribution in [-0.2, 0) is 23.8 Å². The molecule has 0 amide bonds. The number of ether oxygens (including phenoxy) is 3. The highest BCUT2D eigenvalue weighted by Crippen LogP contribution is 2.54. The Kier molecular flexibility index (Phi) is 8.63. The number of hydrogen-bond donors (Lipinski definition) is 0. The van der Waals surface area contributed by atoms with E-state index in [9.17, 15) is 9.59 Å². The van der Waals surface area contributed by atoms with Crippen LogP contribution >= 0.6 is 0 Å². The molecule has 0 N–H and O–H groups in total. The van der Waals surface area contributed by atoms with E-state index in [0.29, 0.717) is 17.4 Å². The monoisotopic (exact) mass is 354 g/mol. The molecule has 144 valence electrons. The third-order valence-electron chi connectivity index (χ3n) is 4.64. The molecule has 25 heavy (non-hydrogen) atoms. The van der Waals surface area contributed by atoms with Crippen LogP contribution in [-0.4, -0.2) is 30.9 Å². The quantitative estimate of drug-likeness (QED) is 0.560. The Labute approximate surface area is 152 Å². The van der Waals surface area contributed by atoms with E-state index in [2.05, 4.69) is 20.4 Å². The maximum Gasteiger partial charge on any atom is 0.333 e. The van der Waals surface area contributed by atoms with Gasteiger partial charge in [-0.1, -0.05) is 40.7 Å². The Morgan fingerprint density at radius 1 is 1.32 bits per heavy atom. The second-order valence-corrected chi connectivity index (χ2v) is 6.91. The maximum absolute atomic E-state index is 12.1. The van der Waals surface area contributed by atoms with Gasteiger partial charge in [-0.05, 0) is 32.1 Å². The molecule has 3 aliphatic rings. The first-order valence-corrected chi connectivity index (χ1v) is 9.61. The van der Waals surface area contributed by atoms with Gasteiger partial charge in [0.25, 0.3) is 0 Å². The largest absolute Gasteiger partial charge is 0.461 e. The average Bonchev–Trinajstić information content (AvgIpc) is 3.17. The Hall–Kier alpha value is -1.36. The van der Waals surface area contributed by atoms with Crippen LogP contribution < -0.4 is 0 Å². The van der Waals surface area contributed by atoms with E-state index in [1.54, 1.807) is 6.92 Å². The molecule has 5 heteroatoms. The fourth-order valence-electron chi connectivity index (χ4n) is 3.54. The Bertz CT molecular complexity index is 473. The van der Waals surface area contributed by atoms with Crippen LogP contribution in [0.15, 0.2) is 12.2 Å². The normalized spacial score (nSPS) is 32.0. The summed E-state index contributed by atoms with van der Waals surface area (Å²) in [6.45, 7) is 13.6. The van der Waals surface area contributed by atoms with Crippen LogP contribution in [0.3, 0.4) is 0 Å². The van der Waals surface area contributed by atoms with Gasteiger partial charge in [0, 0.05) is 17.9 Å². The van der Waals surface area contributed by atoms with Gasteiger partial charge < -0.3 is 14.2 Å². The summed E-state index contributed by atoms with van der Waals surface area (Å²) in [6.07, 6.45) is 5.46. The zero-order valence-corrected chi connectivity index (χ0v) is 16.4. The second kappa shape index (κ2) is 9.95. The van der Waals surface area contributed by atoms with Gasteiger partial charge in [0.2, 0.25) is 5.79 Å². The third-order valence-corrected chi connectivity index (χ3v) is 4.64. The highest BCUT2D eigenvalue weighted by molar-refractivity contribution is 5.87. The molecule has 0 radical (unpaired) electrons. The van der Waals surface area contributed by atoms with Crippen molar-refractivity contribution in [3.63, 3.8) is 0 Å². The predicted octanol–water partition coefficient (Wildman–Crippen LogP) is 4.25. The van der Waals surface area contributed by atoms with E-state index in [1.165, 1.54) is 12.8 Å². The van der Waals surface area contributed by atoms with Gasteiger partial charge in [-0.3, -0.25) is 4.79 Å². The van der Waals surface area contributed by atoms with Gasteiger partial charge in [0.05, 0.1) is 6.61 Å². The van der Waals surface area contributed by atoms with Crippen molar-refractivity contribution < 1.29 is 23.8 Å². The van der Waals surface area contributed by atoms with Crippen LogP contribution in [0, 0.1) is 17.8 Å². The number of fused-ring (bicyclic) bond motifs is 3. The molecule has 2 aliphatic carbocycles. The van der Waals surface area contributed by atoms with Gasteiger partial charge >= 0.3 is 11.9 Å². The highest BCUT2D eigenvalue weighted by Gasteiger charge is 2.57. The molecule has 3 rings (SSSR count). The van der Waals surface area contributed by atoms with Crippen LogP contribution in [0.1, 0.15) is 66.7 Å². The standard InChI is InChI=1S/C15H20O5.C3H8.C2H6/c1-9(2)13(16)18-7-11-8-19-15(20-14(11)17)6-10-3-4-12(15)5-10;1-3-2;1-2/h10-12H,1,3-8H2,2H3;3H2,1-2H3;1-2H3. The lowest BCUT2D eigenvalue weighted by Gasteiger charge is -2.41. The average molecular weight is 354 g/mol. The molecule has 3 fully saturated rings. The lowest BCUT2D eigenvalue weighted by atomic mass is 9.92. The Balaban J connectivity index is 0.000000567. The lowest BCUT2D eigenvalue weighted by Crippen LogP contribution is -2.51. The summed E-state index contributed by atoms with van der Waals surface area (Å²) in [5.74, 6) is -1.03. The fourth-order valence-corrected chi connectivity index (χ4v) is 3.54. The minimum absolute atomic E-state index is 0.00526. The summed E-state index contributed by atoms with van der Waals surface area (Å²) >= 11 is 0. The van der Waals surface area contributed by atoms with Gasteiger partial charge in [-0.15, -0.1) is 0 Å². The fraction of sp³-hybridized carbons (Fsp3) is 0.800. The molecule has 2 bridgehead atoms. The number of carbonyl (C=O) groups is 2. The molecule has 1 heterocycles. The van der Waals surface area contributed by atoms with Crippen LogP contribution in [0.4, 0.5) is 0 Å². The second-order valence-electron chi connectivity index (χ2n) is 6.91. The molecular weight excluding hydrogens is 320 g/mol. The maximum atomic E-state index is 12.1. The minimum atomic E-state index is -0.686. The molecule has 0 aromatic carbocycles. The van der Waals surface area contributed by atoms with Gasteiger partial charge in [-0.25, -0.2) is 4.79 Å². The number of carbonyl (C=O) groups excluding carboxylic acids is 2. The summed E-state index contributed by atoms with van der Waals surface area (Å²) < 4.78 is 16.5. The zero-order valence-electron chi connectivity index (χ0n) is 16.4. The van der Waals surface area contributed by atoms with E-state index >= 15 is 0 Å². The molecular formula is C20H34O5. The topological polar surface area (TPSA) is 61.8 Å². The minimum Gasteiger partial charge on any atom is -0.461 e. The van der Waals surface area contributed by atoms with E-state index < -0.39 is 17.7 Å². The first-order valence-electron chi connectivity index (χ1n) is 9.61. The zero-order chi connectivity index (χ0) is 19.0. The molecule has 4 unspecified atom stereocenters. The van der Waals surface area contributed by atoms with Crippen molar-refractivity contribution in [1.29, 1.82) is 0 Å². The van der Waals surface area contributed by atoms with Gasteiger partial charge in [-0.2, -0.15) is 0 Å². The predicted molar refractivity (Wildman–Crippen MR) is 96.8 cm³/mol. The SMILES string of the molecule is C=C(C)C(=O)OCC1COC2(CC3CCC2C3)OC1=O.CC.CCC. The summed E-state index contributed by atoms with van der Waals surface area (Å²) in [5.41, 5.74) is 0.319. The van der Waals surface area contributed by atoms with Gasteiger partial charge in [0.1, 0.15) is 12.5 Å². The summed E-state index contributed by atoms with van der Waals surface area (Å²) in [7, 11) is 0. The van der Waals surface area contributed by atoms with Crippen LogP contribution in [0.2, 0.25) is 0 Å². The number of esters is 2. The van der Waals surface area contributed by atoms with Crippen molar-refractivity contribution in [2.45, 2.75) is 72.5 Å². The first-order chi connectivity index (χ1) is 11.9. The molecule has 1 spiro atoms. The Morgan fingerprint density at radius 3 is 2.40 bits per heavy atom. The van der Waals surface area contributed by atoms with E-state index in [0.717, 1.165) is 19.3 Å². The summed E-state index contributed by atoms with van der Waals surface area (Å²) in [5, 5.41) is 0. The highest BCUT2D eigenvalue weighted by atomic mass is 16.7. The number of hydrogen-bond acceptors (Lipinski definition) is 5. The van der Waals surface area contributed by atoms with Gasteiger partial charge in [0.15, 0.2) is 0 Å². The summed E-state index contributed by atoms with van der Waals surface area (Å²) in [6, 6.07) is 0. The van der Waals surface area contributed by atoms with Crippen molar-refractivity contribution in [1.82, 2.24) is 0 Å². The van der Waals surface area contributed by atoms with E-state index in [4.69, 9.17) is 14.2 Å². The molecule has 4 atom stereocenters. The first kappa shape index (κ1) is 21.7. The van der Waals surface area contributed by atoms with Crippen molar-refractivity contribution >= 4 is 11.9 Å². The smallest absolute Gasteiger partial charge is 0.333 e. The number of rotatable bonds is 3. The van der Waals surface area contributed by atoms with Crippen molar-refractivity contribution in [2.24, 2.45) is 17.8 Å². The third kappa shape index (κ3) is 5.30. The van der Waals surface area contributed by atoms with Crippen molar-refractivity contribution in [3.05, 3.63) is 12.2 Å². The van der Waals surface area contributed by atoms with Crippen molar-refractivity contribution in [3.8, 4) is 0 Å².